The first-order valence-corrected chi connectivity index (χ1v) is 6.48. The van der Waals surface area contributed by atoms with Crippen LogP contribution in [0.1, 0.15) is 24.8 Å². The van der Waals surface area contributed by atoms with E-state index in [0.29, 0.717) is 11.6 Å². The zero-order chi connectivity index (χ0) is 13.3. The molecule has 1 aromatic rings. The van der Waals surface area contributed by atoms with E-state index < -0.39 is 11.4 Å². The Morgan fingerprint density at radius 3 is 2.61 bits per heavy atom. The smallest absolute Gasteiger partial charge is 0.311 e. The molecule has 0 unspecified atom stereocenters. The van der Waals surface area contributed by atoms with Gasteiger partial charge in [-0.1, -0.05) is 23.7 Å². The normalized spacial score (nSPS) is 29.2. The summed E-state index contributed by atoms with van der Waals surface area (Å²) < 4.78 is 0. The molecule has 0 radical (unpaired) electrons. The standard InChI is InChI=1S/C14H18ClNO2/c1-14(13(17)18)9-16(2)8-7-12(14)10-3-5-11(15)6-4-10/h3-6,12H,7-9H2,1-2H3,(H,17,18)/t12-,14-/m1/s1. The molecule has 1 aliphatic rings. The van der Waals surface area contributed by atoms with Crippen LogP contribution in [0.3, 0.4) is 0 Å². The molecule has 2 atom stereocenters. The first-order valence-electron chi connectivity index (χ1n) is 6.11. The van der Waals surface area contributed by atoms with E-state index in [1.54, 1.807) is 0 Å². The second-order valence-electron chi connectivity index (χ2n) is 5.35. The summed E-state index contributed by atoms with van der Waals surface area (Å²) in [6.07, 6.45) is 0.862. The number of hydrogen-bond acceptors (Lipinski definition) is 2. The molecule has 0 spiro atoms. The van der Waals surface area contributed by atoms with Crippen LogP contribution in [0.4, 0.5) is 0 Å². The Morgan fingerprint density at radius 2 is 2.06 bits per heavy atom. The van der Waals surface area contributed by atoms with Crippen LogP contribution >= 0.6 is 11.6 Å². The maximum Gasteiger partial charge on any atom is 0.311 e. The number of halogens is 1. The maximum absolute atomic E-state index is 11.6. The van der Waals surface area contributed by atoms with Gasteiger partial charge in [0.15, 0.2) is 0 Å². The topological polar surface area (TPSA) is 40.5 Å². The molecule has 0 saturated carbocycles. The number of hydrogen-bond donors (Lipinski definition) is 1. The van der Waals surface area contributed by atoms with Gasteiger partial charge in [0, 0.05) is 17.5 Å². The molecule has 0 bridgehead atoms. The van der Waals surface area contributed by atoms with Crippen molar-refractivity contribution < 1.29 is 9.90 Å². The number of benzene rings is 1. The van der Waals surface area contributed by atoms with Crippen LogP contribution in [0.25, 0.3) is 0 Å². The SMILES string of the molecule is CN1CC[C@H](c2ccc(Cl)cc2)[C@](C)(C(=O)O)C1. The fourth-order valence-electron chi connectivity index (χ4n) is 2.86. The number of aliphatic carboxylic acids is 1. The van der Waals surface area contributed by atoms with Crippen molar-refractivity contribution in [1.29, 1.82) is 0 Å². The first-order chi connectivity index (χ1) is 8.43. The Balaban J connectivity index is 2.35. The molecule has 1 N–H and O–H groups in total. The predicted octanol–water partition coefficient (Wildman–Crippen LogP) is 2.85. The molecule has 1 fully saturated rings. The van der Waals surface area contributed by atoms with Gasteiger partial charge >= 0.3 is 5.97 Å². The predicted molar refractivity (Wildman–Crippen MR) is 72.0 cm³/mol. The van der Waals surface area contributed by atoms with Crippen LogP contribution in [0.2, 0.25) is 5.02 Å². The molecule has 1 heterocycles. The van der Waals surface area contributed by atoms with E-state index in [-0.39, 0.29) is 5.92 Å². The summed E-state index contributed by atoms with van der Waals surface area (Å²) >= 11 is 5.88. The Hall–Kier alpha value is -1.06. The number of rotatable bonds is 2. The Morgan fingerprint density at radius 1 is 1.44 bits per heavy atom. The average molecular weight is 268 g/mol. The second kappa shape index (κ2) is 4.90. The van der Waals surface area contributed by atoms with Crippen LogP contribution in [-0.2, 0) is 4.79 Å². The van der Waals surface area contributed by atoms with Crippen LogP contribution in [0, 0.1) is 5.41 Å². The maximum atomic E-state index is 11.6. The minimum absolute atomic E-state index is 0.0449. The quantitative estimate of drug-likeness (QED) is 0.896. The van der Waals surface area contributed by atoms with Gasteiger partial charge in [-0.25, -0.2) is 0 Å². The molecule has 1 saturated heterocycles. The fourth-order valence-corrected chi connectivity index (χ4v) is 2.99. The van der Waals surface area contributed by atoms with Crippen LogP contribution in [0.15, 0.2) is 24.3 Å². The second-order valence-corrected chi connectivity index (χ2v) is 5.79. The van der Waals surface area contributed by atoms with Crippen molar-refractivity contribution in [2.75, 3.05) is 20.1 Å². The molecule has 98 valence electrons. The number of carboxylic acids is 1. The number of likely N-dealkylation sites (tertiary alicyclic amines) is 1. The van der Waals surface area contributed by atoms with E-state index in [4.69, 9.17) is 11.6 Å². The summed E-state index contributed by atoms with van der Waals surface area (Å²) in [5.74, 6) is -0.683. The van der Waals surface area contributed by atoms with E-state index in [9.17, 15) is 9.90 Å². The minimum atomic E-state index is -0.735. The van der Waals surface area contributed by atoms with E-state index in [1.807, 2.05) is 38.2 Å². The molecule has 1 aromatic carbocycles. The van der Waals surface area contributed by atoms with Gasteiger partial charge < -0.3 is 10.0 Å². The molecule has 2 rings (SSSR count). The summed E-state index contributed by atoms with van der Waals surface area (Å²) in [7, 11) is 1.97. The summed E-state index contributed by atoms with van der Waals surface area (Å²) in [5, 5.41) is 10.2. The number of piperidine rings is 1. The Kier molecular flexibility index (Phi) is 3.64. The third kappa shape index (κ3) is 2.38. The highest BCUT2D eigenvalue weighted by Gasteiger charge is 2.45. The van der Waals surface area contributed by atoms with Crippen molar-refractivity contribution in [2.45, 2.75) is 19.3 Å². The van der Waals surface area contributed by atoms with E-state index in [0.717, 1.165) is 18.5 Å². The lowest BCUT2D eigenvalue weighted by Crippen LogP contribution is -2.49. The molecule has 1 aliphatic heterocycles. The number of carboxylic acid groups (broad SMARTS) is 1. The van der Waals surface area contributed by atoms with Gasteiger partial charge in [0.1, 0.15) is 0 Å². The summed E-state index contributed by atoms with van der Waals surface area (Å²) in [6.45, 7) is 3.34. The van der Waals surface area contributed by atoms with Gasteiger partial charge in [-0.2, -0.15) is 0 Å². The van der Waals surface area contributed by atoms with Crippen molar-refractivity contribution in [3.05, 3.63) is 34.9 Å². The highest BCUT2D eigenvalue weighted by molar-refractivity contribution is 6.30. The van der Waals surface area contributed by atoms with E-state index in [2.05, 4.69) is 4.90 Å². The van der Waals surface area contributed by atoms with Gasteiger partial charge in [0.2, 0.25) is 0 Å². The third-order valence-electron chi connectivity index (χ3n) is 3.93. The van der Waals surface area contributed by atoms with Gasteiger partial charge in [-0.05, 0) is 44.6 Å². The molecule has 0 amide bonds. The Bertz CT molecular complexity index is 446. The molecule has 0 aromatic heterocycles. The van der Waals surface area contributed by atoms with Crippen molar-refractivity contribution in [3.63, 3.8) is 0 Å². The fraction of sp³-hybridized carbons (Fsp3) is 0.500. The lowest BCUT2D eigenvalue weighted by Gasteiger charge is -2.42. The van der Waals surface area contributed by atoms with E-state index >= 15 is 0 Å². The summed E-state index contributed by atoms with van der Waals surface area (Å²) in [4.78, 5) is 13.7. The van der Waals surface area contributed by atoms with Gasteiger partial charge in [0.05, 0.1) is 5.41 Å². The van der Waals surface area contributed by atoms with Crippen LogP contribution in [-0.4, -0.2) is 36.1 Å². The van der Waals surface area contributed by atoms with Gasteiger partial charge in [-0.15, -0.1) is 0 Å². The zero-order valence-electron chi connectivity index (χ0n) is 10.7. The lowest BCUT2D eigenvalue weighted by molar-refractivity contribution is -0.152. The molecule has 4 heteroatoms. The third-order valence-corrected chi connectivity index (χ3v) is 4.18. The van der Waals surface area contributed by atoms with Crippen LogP contribution < -0.4 is 0 Å². The lowest BCUT2D eigenvalue weighted by atomic mass is 9.69. The number of nitrogens with zero attached hydrogens (tertiary/aromatic N) is 1. The highest BCUT2D eigenvalue weighted by Crippen LogP contribution is 2.42. The molecule has 3 nitrogen and oxygen atoms in total. The average Bonchev–Trinajstić information content (AvgIpc) is 2.30. The van der Waals surface area contributed by atoms with Crippen molar-refractivity contribution >= 4 is 17.6 Å². The minimum Gasteiger partial charge on any atom is -0.481 e. The molecule has 18 heavy (non-hydrogen) atoms. The summed E-state index contributed by atoms with van der Waals surface area (Å²) in [6, 6.07) is 7.55. The molecule has 0 aliphatic carbocycles. The number of carbonyl (C=O) groups is 1. The highest BCUT2D eigenvalue weighted by atomic mass is 35.5. The van der Waals surface area contributed by atoms with Crippen molar-refractivity contribution in [3.8, 4) is 0 Å². The van der Waals surface area contributed by atoms with E-state index in [1.165, 1.54) is 0 Å². The molecular weight excluding hydrogens is 250 g/mol. The monoisotopic (exact) mass is 267 g/mol. The Labute approximate surface area is 112 Å². The largest absolute Gasteiger partial charge is 0.481 e. The van der Waals surface area contributed by atoms with Gasteiger partial charge in [0.25, 0.3) is 0 Å². The molecular formula is C14H18ClNO2. The summed E-state index contributed by atoms with van der Waals surface area (Å²) in [5.41, 5.74) is 0.332. The zero-order valence-corrected chi connectivity index (χ0v) is 11.4. The van der Waals surface area contributed by atoms with Crippen molar-refractivity contribution in [2.24, 2.45) is 5.41 Å². The van der Waals surface area contributed by atoms with Crippen molar-refractivity contribution in [1.82, 2.24) is 4.90 Å². The van der Waals surface area contributed by atoms with Crippen LogP contribution in [0.5, 0.6) is 0 Å². The van der Waals surface area contributed by atoms with Gasteiger partial charge in [-0.3, -0.25) is 4.79 Å². The first kappa shape index (κ1) is 13.4.